The van der Waals surface area contributed by atoms with E-state index in [-0.39, 0.29) is 18.2 Å². The maximum absolute atomic E-state index is 13.5. The molecule has 2 saturated carbocycles. The standard InChI is InChI=1S/C26H43N5O5S2/c1-36-24(32)13-18-38(34,35)30-16-14-29(15-17-30)20-23-19-27-25(37-23)28-26(33)31(22-11-7-4-8-12-22)21-9-5-2-3-6-10-21/h19,21-22H,2-18,20H2,1H3,(H,27,28,33). The molecule has 2 heterocycles. The Labute approximate surface area is 231 Å². The molecule has 1 saturated heterocycles. The molecule has 3 aliphatic rings. The third-order valence-electron chi connectivity index (χ3n) is 8.08. The fourth-order valence-corrected chi connectivity index (χ4v) is 8.20. The largest absolute Gasteiger partial charge is 0.469 e. The lowest BCUT2D eigenvalue weighted by atomic mass is 9.92. The van der Waals surface area contributed by atoms with Crippen LogP contribution in [-0.4, -0.2) is 90.6 Å². The summed E-state index contributed by atoms with van der Waals surface area (Å²) < 4.78 is 31.1. The third-order valence-corrected chi connectivity index (χ3v) is 10.9. The van der Waals surface area contributed by atoms with Gasteiger partial charge in [0.05, 0.1) is 19.3 Å². The molecule has 1 N–H and O–H groups in total. The van der Waals surface area contributed by atoms with Crippen LogP contribution in [0, 0.1) is 0 Å². The highest BCUT2D eigenvalue weighted by atomic mass is 32.2. The summed E-state index contributed by atoms with van der Waals surface area (Å²) in [4.78, 5) is 34.8. The maximum atomic E-state index is 13.5. The zero-order chi connectivity index (χ0) is 27.0. The minimum absolute atomic E-state index is 0.00419. The van der Waals surface area contributed by atoms with E-state index in [1.54, 1.807) is 0 Å². The Kier molecular flexibility index (Phi) is 10.8. The number of methoxy groups -OCH3 is 1. The molecule has 0 bridgehead atoms. The van der Waals surface area contributed by atoms with Crippen molar-refractivity contribution in [3.8, 4) is 0 Å². The fraction of sp³-hybridized carbons (Fsp3) is 0.808. The Balaban J connectivity index is 1.30. The highest BCUT2D eigenvalue weighted by Crippen LogP contribution is 2.31. The van der Waals surface area contributed by atoms with Crippen molar-refractivity contribution in [1.82, 2.24) is 19.1 Å². The molecule has 1 aromatic rings. The van der Waals surface area contributed by atoms with Gasteiger partial charge in [-0.3, -0.25) is 15.0 Å². The summed E-state index contributed by atoms with van der Waals surface area (Å²) in [6.45, 7) is 2.66. The summed E-state index contributed by atoms with van der Waals surface area (Å²) in [5.74, 6) is -0.743. The van der Waals surface area contributed by atoms with E-state index in [0.717, 1.165) is 30.6 Å². The van der Waals surface area contributed by atoms with Gasteiger partial charge in [0.1, 0.15) is 0 Å². The van der Waals surface area contributed by atoms with Crippen LogP contribution in [-0.2, 0) is 26.1 Å². The van der Waals surface area contributed by atoms with Crippen molar-refractivity contribution in [2.75, 3.05) is 44.4 Å². The number of nitrogens with one attached hydrogen (secondary N) is 1. The Hall–Kier alpha value is -1.76. The molecular formula is C26H43N5O5S2. The molecule has 0 aromatic carbocycles. The van der Waals surface area contributed by atoms with Crippen LogP contribution in [0.5, 0.6) is 0 Å². The second-order valence-electron chi connectivity index (χ2n) is 10.7. The molecule has 38 heavy (non-hydrogen) atoms. The first kappa shape index (κ1) is 29.2. The van der Waals surface area contributed by atoms with Crippen LogP contribution < -0.4 is 5.32 Å². The van der Waals surface area contributed by atoms with E-state index in [0.29, 0.717) is 49.9 Å². The van der Waals surface area contributed by atoms with Crippen molar-refractivity contribution >= 4 is 38.5 Å². The van der Waals surface area contributed by atoms with E-state index < -0.39 is 16.0 Å². The van der Waals surface area contributed by atoms with Gasteiger partial charge in [-0.05, 0) is 25.7 Å². The lowest BCUT2D eigenvalue weighted by Gasteiger charge is -2.39. The normalized spacial score (nSPS) is 21.1. The van der Waals surface area contributed by atoms with Crippen molar-refractivity contribution < 1.29 is 22.7 Å². The molecule has 10 nitrogen and oxygen atoms in total. The second kappa shape index (κ2) is 14.0. The molecule has 214 valence electrons. The topological polar surface area (TPSA) is 112 Å². The number of amides is 2. The van der Waals surface area contributed by atoms with Gasteiger partial charge in [-0.2, -0.15) is 4.31 Å². The van der Waals surface area contributed by atoms with Gasteiger partial charge in [-0.15, -0.1) is 11.3 Å². The number of carbonyl (C=O) groups excluding carboxylic acids is 2. The highest BCUT2D eigenvalue weighted by molar-refractivity contribution is 7.89. The van der Waals surface area contributed by atoms with Crippen LogP contribution in [0.2, 0.25) is 0 Å². The van der Waals surface area contributed by atoms with Gasteiger partial charge < -0.3 is 9.64 Å². The molecular weight excluding hydrogens is 526 g/mol. The zero-order valence-electron chi connectivity index (χ0n) is 22.6. The van der Waals surface area contributed by atoms with E-state index >= 15 is 0 Å². The van der Waals surface area contributed by atoms with Crippen molar-refractivity contribution in [3.05, 3.63) is 11.1 Å². The average Bonchev–Trinajstić information content (AvgIpc) is 3.18. The van der Waals surface area contributed by atoms with Gasteiger partial charge in [0.2, 0.25) is 10.0 Å². The Bertz CT molecular complexity index is 1010. The minimum Gasteiger partial charge on any atom is -0.469 e. The number of hydrogen-bond donors (Lipinski definition) is 1. The van der Waals surface area contributed by atoms with Gasteiger partial charge in [-0.25, -0.2) is 18.2 Å². The molecule has 0 atom stereocenters. The Morgan fingerprint density at radius 1 is 1.00 bits per heavy atom. The monoisotopic (exact) mass is 569 g/mol. The smallest absolute Gasteiger partial charge is 0.324 e. The quantitative estimate of drug-likeness (QED) is 0.353. The number of nitrogens with zero attached hydrogens (tertiary/aromatic N) is 4. The van der Waals surface area contributed by atoms with Gasteiger partial charge in [-0.1, -0.05) is 44.9 Å². The van der Waals surface area contributed by atoms with E-state index in [9.17, 15) is 18.0 Å². The molecule has 0 unspecified atom stereocenters. The van der Waals surface area contributed by atoms with Gasteiger partial charge in [0, 0.05) is 55.9 Å². The first-order valence-electron chi connectivity index (χ1n) is 14.2. The SMILES string of the molecule is COC(=O)CCS(=O)(=O)N1CCN(Cc2cnc(NC(=O)N(C3CCCCCC3)C3CCCCC3)s2)CC1. The molecule has 0 radical (unpaired) electrons. The van der Waals surface area contributed by atoms with Crippen molar-refractivity contribution in [3.63, 3.8) is 0 Å². The van der Waals surface area contributed by atoms with Crippen LogP contribution >= 0.6 is 11.3 Å². The second-order valence-corrected chi connectivity index (χ2v) is 13.9. The number of thiazole rings is 1. The van der Waals surface area contributed by atoms with Crippen molar-refractivity contribution in [2.24, 2.45) is 0 Å². The first-order chi connectivity index (χ1) is 18.4. The van der Waals surface area contributed by atoms with Gasteiger partial charge >= 0.3 is 12.0 Å². The number of rotatable bonds is 9. The van der Waals surface area contributed by atoms with E-state index in [1.165, 1.54) is 67.7 Å². The lowest BCUT2D eigenvalue weighted by molar-refractivity contribution is -0.140. The van der Waals surface area contributed by atoms with Crippen LogP contribution in [0.1, 0.15) is 81.9 Å². The average molecular weight is 570 g/mol. The van der Waals surface area contributed by atoms with Crippen LogP contribution in [0.4, 0.5) is 9.93 Å². The molecule has 0 spiro atoms. The summed E-state index contributed by atoms with van der Waals surface area (Å²) in [7, 11) is -2.22. The predicted molar refractivity (Wildman–Crippen MR) is 149 cm³/mol. The molecule has 12 heteroatoms. The summed E-state index contributed by atoms with van der Waals surface area (Å²) in [5.41, 5.74) is 0. The third kappa shape index (κ3) is 8.12. The van der Waals surface area contributed by atoms with Gasteiger partial charge in [0.15, 0.2) is 5.13 Å². The first-order valence-corrected chi connectivity index (χ1v) is 16.6. The number of urea groups is 1. The summed E-state index contributed by atoms with van der Waals surface area (Å²) in [5, 5.41) is 3.75. The number of aromatic nitrogens is 1. The van der Waals surface area contributed by atoms with Crippen LogP contribution in [0.3, 0.4) is 0 Å². The van der Waals surface area contributed by atoms with E-state index in [2.05, 4.69) is 24.8 Å². The molecule has 2 aliphatic carbocycles. The minimum atomic E-state index is -3.48. The maximum Gasteiger partial charge on any atom is 0.324 e. The van der Waals surface area contributed by atoms with Crippen molar-refractivity contribution in [1.29, 1.82) is 0 Å². The van der Waals surface area contributed by atoms with Gasteiger partial charge in [0.25, 0.3) is 0 Å². The number of sulfonamides is 1. The molecule has 1 aromatic heterocycles. The fourth-order valence-electron chi connectivity index (χ4n) is 5.95. The molecule has 1 aliphatic heterocycles. The Morgan fingerprint density at radius 3 is 2.16 bits per heavy atom. The highest BCUT2D eigenvalue weighted by Gasteiger charge is 2.33. The number of ether oxygens (including phenoxy) is 1. The van der Waals surface area contributed by atoms with Crippen LogP contribution in [0.15, 0.2) is 6.20 Å². The van der Waals surface area contributed by atoms with E-state index in [4.69, 9.17) is 0 Å². The molecule has 2 amide bonds. The number of anilines is 1. The summed E-state index contributed by atoms with van der Waals surface area (Å²) in [6, 6.07) is 0.641. The number of piperazine rings is 1. The number of hydrogen-bond acceptors (Lipinski definition) is 8. The van der Waals surface area contributed by atoms with Crippen molar-refractivity contribution in [2.45, 2.75) is 95.7 Å². The zero-order valence-corrected chi connectivity index (χ0v) is 24.2. The number of carbonyl (C=O) groups is 2. The molecule has 4 rings (SSSR count). The summed E-state index contributed by atoms with van der Waals surface area (Å²) >= 11 is 1.50. The lowest BCUT2D eigenvalue weighted by Crippen LogP contribution is -2.49. The van der Waals surface area contributed by atoms with Crippen LogP contribution in [0.25, 0.3) is 0 Å². The predicted octanol–water partition coefficient (Wildman–Crippen LogP) is 4.04. The Morgan fingerprint density at radius 2 is 1.58 bits per heavy atom. The van der Waals surface area contributed by atoms with E-state index in [1.807, 2.05) is 6.20 Å². The summed E-state index contributed by atoms with van der Waals surface area (Å²) in [6.07, 6.45) is 14.6. The number of esters is 1. The molecule has 3 fully saturated rings.